The summed E-state index contributed by atoms with van der Waals surface area (Å²) >= 11 is 0.649. The molecule has 4 rings (SSSR count). The minimum atomic E-state index is -4.59. The monoisotopic (exact) mass is 988 g/mol. The summed E-state index contributed by atoms with van der Waals surface area (Å²) in [6.45, 7) is 5.76. The van der Waals surface area contributed by atoms with Gasteiger partial charge in [0.2, 0.25) is 5.69 Å². The van der Waals surface area contributed by atoms with Gasteiger partial charge in [-0.25, -0.2) is 30.0 Å². The topological polar surface area (TPSA) is 295 Å². The van der Waals surface area contributed by atoms with Crippen LogP contribution in [0.3, 0.4) is 0 Å². The molecule has 0 saturated carbocycles. The first-order valence-electron chi connectivity index (χ1n) is 19.0. The van der Waals surface area contributed by atoms with E-state index >= 15 is 0 Å². The summed E-state index contributed by atoms with van der Waals surface area (Å²) in [7, 11) is -13.7. The molecule has 0 bridgehead atoms. The number of fused-ring (bicyclic) bond motifs is 1. The summed E-state index contributed by atoms with van der Waals surface area (Å²) in [4.78, 5) is 41.5. The maximum Gasteiger partial charge on any atom is 1.00 e. The number of nitrogens with zero attached hydrogens (tertiary/aromatic N) is 4. The Kier molecular flexibility index (Phi) is 25.2. The third-order valence-electron chi connectivity index (χ3n) is 10.7. The summed E-state index contributed by atoms with van der Waals surface area (Å²) in [6.07, 6.45) is 6.65. The van der Waals surface area contributed by atoms with Crippen LogP contribution >= 0.6 is 12.0 Å². The summed E-state index contributed by atoms with van der Waals surface area (Å²) in [6, 6.07) is 5.20. The number of rotatable bonds is 24. The molecule has 3 aliphatic heterocycles. The van der Waals surface area contributed by atoms with E-state index in [9.17, 15) is 58.6 Å². The van der Waals surface area contributed by atoms with Crippen LogP contribution < -0.4 is 93.9 Å². The number of amides is 2. The Labute approximate surface area is 438 Å². The molecule has 334 valence electrons. The first-order valence-corrected chi connectivity index (χ1v) is 24.5. The van der Waals surface area contributed by atoms with Gasteiger partial charge in [0.1, 0.15) is 6.54 Å². The largest absolute Gasteiger partial charge is 1.00 e. The van der Waals surface area contributed by atoms with Crippen LogP contribution in [0.5, 0.6) is 0 Å². The fourth-order valence-corrected chi connectivity index (χ4v) is 9.43. The average molecular weight is 989 g/mol. The molecule has 3 aliphatic rings. The van der Waals surface area contributed by atoms with E-state index in [4.69, 9.17) is 4.84 Å². The minimum absolute atomic E-state index is 0. The molecule has 1 aromatic carbocycles. The Hall–Kier alpha value is -0.590. The van der Waals surface area contributed by atoms with Crippen molar-refractivity contribution in [1.29, 1.82) is 0 Å². The summed E-state index contributed by atoms with van der Waals surface area (Å²) in [5.41, 5.74) is 1.28. The summed E-state index contributed by atoms with van der Waals surface area (Å²) < 4.78 is 110. The predicted octanol–water partition coefficient (Wildman–Crippen LogP) is -6.82. The first kappa shape index (κ1) is 60.4. The van der Waals surface area contributed by atoms with Crippen LogP contribution in [0.4, 0.5) is 5.69 Å². The maximum absolute atomic E-state index is 12.4. The minimum Gasteiger partial charge on any atom is -0.748 e. The van der Waals surface area contributed by atoms with Gasteiger partial charge in [0.15, 0.2) is 5.71 Å². The molecule has 2 atom stereocenters. The molecule has 3 heterocycles. The molecule has 1 saturated heterocycles. The zero-order valence-corrected chi connectivity index (χ0v) is 45.5. The van der Waals surface area contributed by atoms with E-state index < -0.39 is 76.2 Å². The van der Waals surface area contributed by atoms with Gasteiger partial charge in [-0.2, -0.15) is 14.0 Å². The Balaban J connectivity index is 0.00000661. The van der Waals surface area contributed by atoms with Crippen molar-refractivity contribution in [1.82, 2.24) is 10.1 Å². The maximum atomic E-state index is 12.4. The van der Waals surface area contributed by atoms with Crippen molar-refractivity contribution in [2.24, 2.45) is 10.5 Å². The van der Waals surface area contributed by atoms with Crippen molar-refractivity contribution < 1.29 is 166 Å². The fraction of sp³-hybridized carbons (Fsp3) is 0.583. The van der Waals surface area contributed by atoms with Crippen LogP contribution in [0.2, 0.25) is 0 Å². The van der Waals surface area contributed by atoms with Gasteiger partial charge in [0.25, 0.3) is 11.8 Å². The number of benzene rings is 1. The van der Waals surface area contributed by atoms with Crippen LogP contribution in [0.25, 0.3) is 0 Å². The molecule has 2 amide bonds. The Bertz CT molecular complexity index is 2260. The third kappa shape index (κ3) is 17.8. The Morgan fingerprint density at radius 1 is 0.857 bits per heavy atom. The van der Waals surface area contributed by atoms with Crippen molar-refractivity contribution in [3.63, 3.8) is 0 Å². The van der Waals surface area contributed by atoms with Gasteiger partial charge in [-0.15, -0.1) is 5.06 Å². The van der Waals surface area contributed by atoms with Gasteiger partial charge >= 0.3 is 94.6 Å². The molecule has 0 radical (unpaired) electrons. The van der Waals surface area contributed by atoms with Crippen molar-refractivity contribution in [3.05, 3.63) is 47.7 Å². The van der Waals surface area contributed by atoms with Crippen molar-refractivity contribution in [3.8, 4) is 0 Å². The van der Waals surface area contributed by atoms with Crippen LogP contribution in [0.1, 0.15) is 97.0 Å². The van der Waals surface area contributed by atoms with Crippen LogP contribution in [-0.4, -0.2) is 113 Å². The van der Waals surface area contributed by atoms with Crippen LogP contribution in [0.15, 0.2) is 52.1 Å². The molecule has 1 aromatic rings. The molecule has 0 N–H and O–H groups in total. The van der Waals surface area contributed by atoms with E-state index in [2.05, 4.69) is 14.5 Å². The Morgan fingerprint density at radius 2 is 1.43 bits per heavy atom. The molecule has 0 aromatic heterocycles. The van der Waals surface area contributed by atoms with E-state index in [1.54, 1.807) is 50.3 Å². The molecule has 27 heteroatoms. The van der Waals surface area contributed by atoms with Crippen molar-refractivity contribution >= 4 is 77.3 Å². The standard InChI is InChI=1S/C36H50N4O16S4.3Na/c1-26-35(2,18-8-22-58(45,46)47)31(39(37-26)21-10-24-60(51,52)53)12-7-11-30-36(3,19-9-23-59(48,49)50)28-25-27(57-56-55-44)14-15-29(28)38(30)20-6-4-5-13-34(43)54-40-32(41)16-17-33(40)42;;;/h7,11-12,14-15,25H,4-6,8-10,13,16-24H2,1-3H3,(H3-,44,45,46,47,48,49,50,51,52,53);;;/q;3*+1/p-3. The second-order valence-electron chi connectivity index (χ2n) is 15.0. The SMILES string of the molecule is CC1=NN(CCCS(=O)(=O)[O-])/C(=C\C=C\C2=[N+](CCCCCC(=O)ON3C(=O)CCC3=O)c3ccc(SOO[O-])cc3C2(C)CCCS(=O)(=O)[O-])C1(C)CCCS(=O)(=O)[O-].[Na+].[Na+].[Na+]. The number of allylic oxidation sites excluding steroid dienone is 4. The number of hydroxylamine groups is 2. The first-order chi connectivity index (χ1) is 28.0. The molecule has 63 heavy (non-hydrogen) atoms. The number of carbonyl (C=O) groups is 3. The van der Waals surface area contributed by atoms with Crippen LogP contribution in [-0.2, 0) is 64.4 Å². The number of imide groups is 1. The van der Waals surface area contributed by atoms with Gasteiger partial charge in [0.05, 0.1) is 47.8 Å². The van der Waals surface area contributed by atoms with E-state index in [0.29, 0.717) is 76.2 Å². The normalized spacial score (nSPS) is 20.8. The van der Waals surface area contributed by atoms with E-state index in [-0.39, 0.29) is 147 Å². The van der Waals surface area contributed by atoms with Gasteiger partial charge in [-0.05, 0) is 83.9 Å². The summed E-state index contributed by atoms with van der Waals surface area (Å²) in [5.74, 6) is -3.83. The predicted molar refractivity (Wildman–Crippen MR) is 209 cm³/mol. The zero-order chi connectivity index (χ0) is 44.5. The smallest absolute Gasteiger partial charge is 0.748 e. The second kappa shape index (κ2) is 26.2. The molecule has 20 nitrogen and oxygen atoms in total. The third-order valence-corrected chi connectivity index (χ3v) is 13.6. The number of hydrogen-bond donors (Lipinski definition) is 0. The molecule has 0 spiro atoms. The molecular formula is C36H47N4Na3O16S4. The van der Waals surface area contributed by atoms with Crippen LogP contribution in [0, 0.1) is 5.41 Å². The number of hydrazone groups is 1. The van der Waals surface area contributed by atoms with Crippen molar-refractivity contribution in [2.45, 2.75) is 102 Å². The second-order valence-corrected chi connectivity index (χ2v) is 20.4. The quantitative estimate of drug-likeness (QED) is 0.0136. The van der Waals surface area contributed by atoms with E-state index in [0.717, 1.165) is 0 Å². The number of carbonyl (C=O) groups excluding carboxylic acids is 3. The number of unbranched alkanes of at least 4 members (excludes halogenated alkanes) is 2. The van der Waals surface area contributed by atoms with Gasteiger partial charge < -0.3 is 23.8 Å². The summed E-state index contributed by atoms with van der Waals surface area (Å²) in [5, 5.41) is 20.8. The fourth-order valence-electron chi connectivity index (χ4n) is 7.55. The zero-order valence-electron chi connectivity index (χ0n) is 36.2. The average Bonchev–Trinajstić information content (AvgIpc) is 3.66. The van der Waals surface area contributed by atoms with E-state index in [1.807, 2.05) is 11.5 Å². The molecule has 1 fully saturated rings. The molecule has 0 aliphatic carbocycles. The number of hydrogen-bond acceptors (Lipinski definition) is 19. The van der Waals surface area contributed by atoms with Crippen molar-refractivity contribution in [2.75, 3.05) is 30.3 Å². The van der Waals surface area contributed by atoms with Gasteiger partial charge in [-0.3, -0.25) is 19.6 Å². The van der Waals surface area contributed by atoms with Gasteiger partial charge in [0, 0.05) is 88.9 Å². The van der Waals surface area contributed by atoms with Gasteiger partial charge in [-0.1, -0.05) is 6.08 Å². The Morgan fingerprint density at radius 3 is 2.00 bits per heavy atom. The van der Waals surface area contributed by atoms with E-state index in [1.165, 1.54) is 5.01 Å². The molecule has 2 unspecified atom stereocenters. The molecular weight excluding hydrogens is 942 g/mol.